The van der Waals surface area contributed by atoms with E-state index in [4.69, 9.17) is 4.74 Å². The Hall–Kier alpha value is -1.14. The van der Waals surface area contributed by atoms with Crippen molar-refractivity contribution in [3.05, 3.63) is 0 Å². The summed E-state index contributed by atoms with van der Waals surface area (Å²) in [7, 11) is 0. The number of hydrogen-bond acceptors (Lipinski definition) is 5. The minimum Gasteiger partial charge on any atom is -0.466 e. The molecule has 0 bridgehead atoms. The molecule has 0 heterocycles. The minimum atomic E-state index is -0.664. The van der Waals surface area contributed by atoms with Gasteiger partial charge in [0.1, 0.15) is 0 Å². The third-order valence-electron chi connectivity index (χ3n) is 15.9. The third kappa shape index (κ3) is 58.1. The second kappa shape index (κ2) is 62.4. The number of esters is 1. The van der Waals surface area contributed by atoms with Gasteiger partial charge in [0.05, 0.1) is 25.4 Å². The SMILES string of the molecule is CCCCCCCCCCCCCCCCCCCCCC(O)C(CO)NC(=O)CCCCCCCCCCCCCCCCCCCCCCCCOC(=O)CCCCCCCCCCCCCCCC. The van der Waals surface area contributed by atoms with E-state index in [0.29, 0.717) is 25.9 Å². The van der Waals surface area contributed by atoms with E-state index < -0.39 is 12.1 Å². The van der Waals surface area contributed by atoms with Gasteiger partial charge in [-0.2, -0.15) is 0 Å². The predicted octanol–water partition coefficient (Wildman–Crippen LogP) is 21.0. The van der Waals surface area contributed by atoms with Gasteiger partial charge >= 0.3 is 5.97 Å². The lowest BCUT2D eigenvalue weighted by Crippen LogP contribution is -2.45. The van der Waals surface area contributed by atoms with Crippen molar-refractivity contribution in [1.82, 2.24) is 5.32 Å². The molecule has 6 nitrogen and oxygen atoms in total. The third-order valence-corrected chi connectivity index (χ3v) is 15.9. The van der Waals surface area contributed by atoms with Crippen molar-refractivity contribution in [3.8, 4) is 0 Å². The molecular formula is C66H131NO5. The molecule has 0 saturated carbocycles. The van der Waals surface area contributed by atoms with Crippen LogP contribution in [0.15, 0.2) is 0 Å². The molecule has 0 aromatic carbocycles. The molecule has 0 aromatic rings. The molecule has 3 N–H and O–H groups in total. The van der Waals surface area contributed by atoms with E-state index in [1.807, 2.05) is 0 Å². The smallest absolute Gasteiger partial charge is 0.305 e. The van der Waals surface area contributed by atoms with E-state index in [-0.39, 0.29) is 18.5 Å². The molecule has 1 amide bonds. The van der Waals surface area contributed by atoms with Crippen molar-refractivity contribution in [3.63, 3.8) is 0 Å². The predicted molar refractivity (Wildman–Crippen MR) is 315 cm³/mol. The highest BCUT2D eigenvalue weighted by molar-refractivity contribution is 5.76. The van der Waals surface area contributed by atoms with Gasteiger partial charge in [-0.15, -0.1) is 0 Å². The molecule has 0 aromatic heterocycles. The van der Waals surface area contributed by atoms with Gasteiger partial charge in [0.15, 0.2) is 0 Å². The van der Waals surface area contributed by atoms with Gasteiger partial charge in [0.25, 0.3) is 0 Å². The van der Waals surface area contributed by atoms with Crippen LogP contribution in [0.2, 0.25) is 0 Å². The average Bonchev–Trinajstić information content (AvgIpc) is 3.38. The maximum atomic E-state index is 12.5. The van der Waals surface area contributed by atoms with Crippen molar-refractivity contribution in [2.45, 2.75) is 398 Å². The summed E-state index contributed by atoms with van der Waals surface area (Å²) >= 11 is 0. The highest BCUT2D eigenvalue weighted by atomic mass is 16.5. The van der Waals surface area contributed by atoms with Crippen LogP contribution in [-0.4, -0.2) is 47.4 Å². The Morgan fingerprint density at radius 2 is 0.569 bits per heavy atom. The van der Waals surface area contributed by atoms with Crippen molar-refractivity contribution < 1.29 is 24.5 Å². The van der Waals surface area contributed by atoms with Gasteiger partial charge < -0.3 is 20.3 Å². The molecule has 0 rings (SSSR count). The first-order valence-electron chi connectivity index (χ1n) is 33.3. The molecule has 0 aliphatic carbocycles. The van der Waals surface area contributed by atoms with Crippen LogP contribution in [0.5, 0.6) is 0 Å². The molecule has 6 heteroatoms. The number of amides is 1. The minimum absolute atomic E-state index is 0.0169. The van der Waals surface area contributed by atoms with E-state index >= 15 is 0 Å². The maximum Gasteiger partial charge on any atom is 0.305 e. The lowest BCUT2D eigenvalue weighted by Gasteiger charge is -2.22. The number of ether oxygens (including phenoxy) is 1. The van der Waals surface area contributed by atoms with Crippen LogP contribution < -0.4 is 5.32 Å². The molecule has 2 atom stereocenters. The number of unbranched alkanes of at least 4 members (excludes halogenated alkanes) is 52. The molecule has 430 valence electrons. The number of aliphatic hydroxyl groups excluding tert-OH is 2. The zero-order valence-electron chi connectivity index (χ0n) is 49.2. The number of rotatable bonds is 63. The van der Waals surface area contributed by atoms with Gasteiger partial charge in [-0.3, -0.25) is 9.59 Å². The van der Waals surface area contributed by atoms with E-state index in [2.05, 4.69) is 19.2 Å². The normalized spacial score (nSPS) is 12.4. The summed E-state index contributed by atoms with van der Waals surface area (Å²) < 4.78 is 5.49. The maximum absolute atomic E-state index is 12.5. The van der Waals surface area contributed by atoms with Gasteiger partial charge in [-0.05, 0) is 25.7 Å². The second-order valence-electron chi connectivity index (χ2n) is 23.2. The second-order valence-corrected chi connectivity index (χ2v) is 23.2. The molecular weight excluding hydrogens is 887 g/mol. The summed E-state index contributed by atoms with van der Waals surface area (Å²) in [5.74, 6) is -0.0136. The number of aliphatic hydroxyl groups is 2. The summed E-state index contributed by atoms with van der Waals surface area (Å²) in [5.41, 5.74) is 0. The Balaban J connectivity index is 3.36. The fourth-order valence-electron chi connectivity index (χ4n) is 10.8. The molecule has 0 saturated heterocycles. The van der Waals surface area contributed by atoms with Crippen LogP contribution in [0, 0.1) is 0 Å². The summed E-state index contributed by atoms with van der Waals surface area (Å²) in [4.78, 5) is 24.6. The van der Waals surface area contributed by atoms with Crippen LogP contribution in [0.3, 0.4) is 0 Å². The number of carbonyl (C=O) groups excluding carboxylic acids is 2. The Kier molecular flexibility index (Phi) is 61.4. The lowest BCUT2D eigenvalue weighted by atomic mass is 10.0. The highest BCUT2D eigenvalue weighted by Crippen LogP contribution is 2.19. The quantitative estimate of drug-likeness (QED) is 0.0417. The number of hydrogen-bond donors (Lipinski definition) is 3. The topological polar surface area (TPSA) is 95.9 Å². The first kappa shape index (κ1) is 70.9. The monoisotopic (exact) mass is 1020 g/mol. The van der Waals surface area contributed by atoms with Gasteiger partial charge in [0.2, 0.25) is 5.91 Å². The van der Waals surface area contributed by atoms with Gasteiger partial charge in [-0.1, -0.05) is 348 Å². The van der Waals surface area contributed by atoms with Crippen molar-refractivity contribution >= 4 is 11.9 Å². The molecule has 0 aliphatic rings. The Labute approximate surface area is 451 Å². The zero-order valence-corrected chi connectivity index (χ0v) is 49.2. The van der Waals surface area contributed by atoms with Crippen LogP contribution in [0.1, 0.15) is 386 Å². The molecule has 0 radical (unpaired) electrons. The van der Waals surface area contributed by atoms with Gasteiger partial charge in [0, 0.05) is 12.8 Å². The van der Waals surface area contributed by atoms with E-state index in [1.54, 1.807) is 0 Å². The highest BCUT2D eigenvalue weighted by Gasteiger charge is 2.20. The summed E-state index contributed by atoms with van der Waals surface area (Å²) in [5, 5.41) is 23.4. The fraction of sp³-hybridized carbons (Fsp3) is 0.970. The first-order valence-corrected chi connectivity index (χ1v) is 33.3. The largest absolute Gasteiger partial charge is 0.466 e. The van der Waals surface area contributed by atoms with Crippen LogP contribution in [0.25, 0.3) is 0 Å². The summed E-state index contributed by atoms with van der Waals surface area (Å²) in [6.07, 6.45) is 74.1. The van der Waals surface area contributed by atoms with Crippen molar-refractivity contribution in [2.75, 3.05) is 13.2 Å². The zero-order chi connectivity index (χ0) is 52.2. The summed E-state index contributed by atoms with van der Waals surface area (Å²) in [6, 6.07) is -0.541. The lowest BCUT2D eigenvalue weighted by molar-refractivity contribution is -0.143. The molecule has 0 fully saturated rings. The van der Waals surface area contributed by atoms with Crippen LogP contribution in [-0.2, 0) is 14.3 Å². The standard InChI is InChI=1S/C66H131NO5/c1-3-5-7-9-11-13-15-17-19-20-25-28-31-34-38-42-46-50-54-58-64(69)63(62-68)67-65(70)59-55-51-47-43-39-35-32-29-26-23-21-22-24-27-30-33-37-41-45-49-53-57-61-72-66(71)60-56-52-48-44-40-36-18-16-14-12-10-8-6-4-2/h63-64,68-69H,3-62H2,1-2H3,(H,67,70). The Morgan fingerprint density at radius 1 is 0.333 bits per heavy atom. The van der Waals surface area contributed by atoms with Crippen molar-refractivity contribution in [1.29, 1.82) is 0 Å². The first-order chi connectivity index (χ1) is 35.5. The van der Waals surface area contributed by atoms with Crippen molar-refractivity contribution in [2.24, 2.45) is 0 Å². The van der Waals surface area contributed by atoms with Gasteiger partial charge in [-0.25, -0.2) is 0 Å². The average molecular weight is 1020 g/mol. The number of nitrogens with one attached hydrogen (secondary N) is 1. The van der Waals surface area contributed by atoms with Crippen LogP contribution in [0.4, 0.5) is 0 Å². The number of carbonyl (C=O) groups is 2. The Bertz CT molecular complexity index is 1040. The van der Waals surface area contributed by atoms with E-state index in [9.17, 15) is 19.8 Å². The molecule has 0 aliphatic heterocycles. The fourth-order valence-corrected chi connectivity index (χ4v) is 10.8. The van der Waals surface area contributed by atoms with E-state index in [0.717, 1.165) is 38.5 Å². The van der Waals surface area contributed by atoms with E-state index in [1.165, 1.54) is 315 Å². The van der Waals surface area contributed by atoms with Crippen LogP contribution >= 0.6 is 0 Å². The Morgan fingerprint density at radius 3 is 0.847 bits per heavy atom. The molecule has 2 unspecified atom stereocenters. The summed E-state index contributed by atoms with van der Waals surface area (Å²) in [6.45, 7) is 5.00. The molecule has 72 heavy (non-hydrogen) atoms. The molecule has 0 spiro atoms.